The minimum atomic E-state index is -1.14. The van der Waals surface area contributed by atoms with Crippen LogP contribution >= 0.6 is 23.2 Å². The quantitative estimate of drug-likeness (QED) is 0.741. The first-order chi connectivity index (χ1) is 6.00. The standard InChI is InChI=1S/C7H6Cl2N2O2/c8-4-1-3(2-5(9)11-4)6(10)7(12)13/h1-2,6H,10H2,(H,12,13)/t6-/m0/s1. The molecule has 0 saturated heterocycles. The molecule has 0 unspecified atom stereocenters. The lowest BCUT2D eigenvalue weighted by Gasteiger charge is -2.06. The SMILES string of the molecule is N[C@H](C(=O)O)c1cc(Cl)nc(Cl)c1. The maximum absolute atomic E-state index is 10.5. The number of aliphatic carboxylic acids is 1. The summed E-state index contributed by atoms with van der Waals surface area (Å²) < 4.78 is 0. The van der Waals surface area contributed by atoms with E-state index in [9.17, 15) is 4.79 Å². The van der Waals surface area contributed by atoms with E-state index in [1.54, 1.807) is 0 Å². The van der Waals surface area contributed by atoms with Crippen LogP contribution in [0.3, 0.4) is 0 Å². The summed E-state index contributed by atoms with van der Waals surface area (Å²) in [5.74, 6) is -1.14. The van der Waals surface area contributed by atoms with E-state index in [0.29, 0.717) is 5.56 Å². The van der Waals surface area contributed by atoms with Gasteiger partial charge in [-0.1, -0.05) is 23.2 Å². The lowest BCUT2D eigenvalue weighted by atomic mass is 10.1. The van der Waals surface area contributed by atoms with Gasteiger partial charge in [-0.25, -0.2) is 4.98 Å². The van der Waals surface area contributed by atoms with Gasteiger partial charge in [0, 0.05) is 0 Å². The number of nitrogens with two attached hydrogens (primary N) is 1. The smallest absolute Gasteiger partial charge is 0.325 e. The first kappa shape index (κ1) is 10.2. The molecule has 6 heteroatoms. The third kappa shape index (κ3) is 2.55. The van der Waals surface area contributed by atoms with Gasteiger partial charge in [-0.2, -0.15) is 0 Å². The molecule has 0 aliphatic carbocycles. The summed E-state index contributed by atoms with van der Waals surface area (Å²) in [5.41, 5.74) is 5.66. The predicted octanol–water partition coefficient (Wildman–Crippen LogP) is 1.47. The van der Waals surface area contributed by atoms with Gasteiger partial charge in [0.25, 0.3) is 0 Å². The number of aromatic nitrogens is 1. The third-order valence-electron chi connectivity index (χ3n) is 1.41. The fourth-order valence-corrected chi connectivity index (χ4v) is 1.28. The second-order valence-electron chi connectivity index (χ2n) is 2.36. The molecular weight excluding hydrogens is 215 g/mol. The largest absolute Gasteiger partial charge is 0.480 e. The topological polar surface area (TPSA) is 76.2 Å². The Morgan fingerprint density at radius 1 is 1.46 bits per heavy atom. The molecule has 0 fully saturated rings. The Morgan fingerprint density at radius 2 is 1.92 bits per heavy atom. The fraction of sp³-hybridized carbons (Fsp3) is 0.143. The Morgan fingerprint density at radius 3 is 2.31 bits per heavy atom. The number of halogens is 2. The lowest BCUT2D eigenvalue weighted by molar-refractivity contribution is -0.138. The Balaban J connectivity index is 3.07. The molecule has 13 heavy (non-hydrogen) atoms. The number of carbonyl (C=O) groups is 1. The number of rotatable bonds is 2. The maximum Gasteiger partial charge on any atom is 0.325 e. The second-order valence-corrected chi connectivity index (χ2v) is 3.14. The zero-order valence-electron chi connectivity index (χ0n) is 6.37. The van der Waals surface area contributed by atoms with Crippen molar-refractivity contribution < 1.29 is 9.90 Å². The zero-order chi connectivity index (χ0) is 10.0. The average Bonchev–Trinajstić information content (AvgIpc) is 2.01. The average molecular weight is 221 g/mol. The summed E-state index contributed by atoms with van der Waals surface area (Å²) in [7, 11) is 0. The molecule has 1 aromatic rings. The van der Waals surface area contributed by atoms with Crippen molar-refractivity contribution in [2.24, 2.45) is 5.73 Å². The first-order valence-corrected chi connectivity index (χ1v) is 4.07. The molecule has 1 atom stereocenters. The van der Waals surface area contributed by atoms with Crippen molar-refractivity contribution in [1.29, 1.82) is 0 Å². The molecule has 0 aliphatic heterocycles. The first-order valence-electron chi connectivity index (χ1n) is 3.32. The van der Waals surface area contributed by atoms with Crippen molar-refractivity contribution in [2.45, 2.75) is 6.04 Å². The van der Waals surface area contributed by atoms with Gasteiger partial charge in [0.15, 0.2) is 0 Å². The van der Waals surface area contributed by atoms with E-state index in [4.69, 9.17) is 34.0 Å². The number of nitrogens with zero attached hydrogens (tertiary/aromatic N) is 1. The van der Waals surface area contributed by atoms with Gasteiger partial charge in [-0.15, -0.1) is 0 Å². The Bertz CT molecular complexity index is 323. The van der Waals surface area contributed by atoms with E-state index in [1.807, 2.05) is 0 Å². The van der Waals surface area contributed by atoms with Gasteiger partial charge in [-0.3, -0.25) is 4.79 Å². The lowest BCUT2D eigenvalue weighted by Crippen LogP contribution is -2.20. The molecule has 0 aliphatic rings. The molecule has 0 bridgehead atoms. The van der Waals surface area contributed by atoms with Gasteiger partial charge in [0.2, 0.25) is 0 Å². The molecule has 0 spiro atoms. The van der Waals surface area contributed by atoms with E-state index in [-0.39, 0.29) is 10.3 Å². The summed E-state index contributed by atoms with van der Waals surface area (Å²) >= 11 is 11.1. The Hall–Kier alpha value is -0.840. The van der Waals surface area contributed by atoms with Crippen LogP contribution in [0.25, 0.3) is 0 Å². The zero-order valence-corrected chi connectivity index (χ0v) is 7.88. The van der Waals surface area contributed by atoms with Gasteiger partial charge >= 0.3 is 5.97 Å². The van der Waals surface area contributed by atoms with E-state index < -0.39 is 12.0 Å². The van der Waals surface area contributed by atoms with Gasteiger partial charge < -0.3 is 10.8 Å². The molecule has 0 saturated carbocycles. The molecule has 70 valence electrons. The van der Waals surface area contributed by atoms with Crippen LogP contribution in [0.2, 0.25) is 10.3 Å². The van der Waals surface area contributed by atoms with Crippen LogP contribution in [0.4, 0.5) is 0 Å². The van der Waals surface area contributed by atoms with Crippen molar-refractivity contribution >= 4 is 29.2 Å². The van der Waals surface area contributed by atoms with Crippen LogP contribution in [0, 0.1) is 0 Å². The van der Waals surface area contributed by atoms with E-state index in [1.165, 1.54) is 12.1 Å². The van der Waals surface area contributed by atoms with Gasteiger partial charge in [0.1, 0.15) is 16.3 Å². The van der Waals surface area contributed by atoms with Crippen molar-refractivity contribution in [1.82, 2.24) is 4.98 Å². The highest BCUT2D eigenvalue weighted by Crippen LogP contribution is 2.19. The monoisotopic (exact) mass is 220 g/mol. The highest BCUT2D eigenvalue weighted by Gasteiger charge is 2.15. The summed E-state index contributed by atoms with van der Waals surface area (Å²) in [6, 6.07) is 1.61. The number of carboxylic acids is 1. The predicted molar refractivity (Wildman–Crippen MR) is 48.8 cm³/mol. The Labute approximate surface area is 84.3 Å². The van der Waals surface area contributed by atoms with Crippen LogP contribution in [-0.4, -0.2) is 16.1 Å². The van der Waals surface area contributed by atoms with E-state index in [2.05, 4.69) is 4.98 Å². The van der Waals surface area contributed by atoms with Crippen molar-refractivity contribution in [3.63, 3.8) is 0 Å². The Kier molecular flexibility index (Phi) is 3.08. The molecule has 3 N–H and O–H groups in total. The molecule has 1 aromatic heterocycles. The van der Waals surface area contributed by atoms with Gasteiger partial charge in [0.05, 0.1) is 0 Å². The highest BCUT2D eigenvalue weighted by atomic mass is 35.5. The normalized spacial score (nSPS) is 12.5. The molecule has 0 aromatic carbocycles. The minimum absolute atomic E-state index is 0.124. The number of pyridine rings is 1. The fourth-order valence-electron chi connectivity index (χ4n) is 0.805. The number of carboxylic acid groups (broad SMARTS) is 1. The van der Waals surface area contributed by atoms with Crippen LogP contribution in [-0.2, 0) is 4.79 Å². The van der Waals surface area contributed by atoms with Crippen molar-refractivity contribution in [2.75, 3.05) is 0 Å². The van der Waals surface area contributed by atoms with Crippen molar-refractivity contribution in [3.05, 3.63) is 28.0 Å². The molecular formula is C7H6Cl2N2O2. The third-order valence-corrected chi connectivity index (χ3v) is 1.80. The maximum atomic E-state index is 10.5. The summed E-state index contributed by atoms with van der Waals surface area (Å²) in [4.78, 5) is 14.1. The summed E-state index contributed by atoms with van der Waals surface area (Å²) in [6.07, 6.45) is 0. The summed E-state index contributed by atoms with van der Waals surface area (Å²) in [6.45, 7) is 0. The van der Waals surface area contributed by atoms with Gasteiger partial charge in [-0.05, 0) is 17.7 Å². The van der Waals surface area contributed by atoms with Crippen LogP contribution in [0.15, 0.2) is 12.1 Å². The van der Waals surface area contributed by atoms with Crippen LogP contribution < -0.4 is 5.73 Å². The molecule has 0 radical (unpaired) electrons. The number of hydrogen-bond acceptors (Lipinski definition) is 3. The number of hydrogen-bond donors (Lipinski definition) is 2. The second kappa shape index (κ2) is 3.91. The van der Waals surface area contributed by atoms with Crippen LogP contribution in [0.5, 0.6) is 0 Å². The van der Waals surface area contributed by atoms with E-state index >= 15 is 0 Å². The molecule has 0 amide bonds. The van der Waals surface area contributed by atoms with Crippen molar-refractivity contribution in [3.8, 4) is 0 Å². The molecule has 1 rings (SSSR count). The molecule has 1 heterocycles. The minimum Gasteiger partial charge on any atom is -0.480 e. The molecule has 4 nitrogen and oxygen atoms in total. The summed E-state index contributed by atoms with van der Waals surface area (Å²) in [5, 5.41) is 8.83. The van der Waals surface area contributed by atoms with Crippen LogP contribution in [0.1, 0.15) is 11.6 Å². The highest BCUT2D eigenvalue weighted by molar-refractivity contribution is 6.32. The van der Waals surface area contributed by atoms with E-state index in [0.717, 1.165) is 0 Å².